The van der Waals surface area contributed by atoms with Gasteiger partial charge in [0.05, 0.1) is 12.6 Å². The van der Waals surface area contributed by atoms with Crippen LogP contribution in [0.15, 0.2) is 30.3 Å². The van der Waals surface area contributed by atoms with Gasteiger partial charge in [-0.1, -0.05) is 30.3 Å². The highest BCUT2D eigenvalue weighted by atomic mass is 19.4. The van der Waals surface area contributed by atoms with Crippen molar-refractivity contribution >= 4 is 13.1 Å². The minimum absolute atomic E-state index is 0.139. The number of hydrogen-bond acceptors (Lipinski definition) is 3. The average molecular weight is 316 g/mol. The van der Waals surface area contributed by atoms with Crippen LogP contribution in [-0.4, -0.2) is 43.7 Å². The molecule has 0 unspecified atom stereocenters. The van der Waals surface area contributed by atoms with Crippen molar-refractivity contribution in [3.8, 4) is 0 Å². The number of benzene rings is 1. The van der Waals surface area contributed by atoms with E-state index in [1.54, 1.807) is 0 Å². The lowest BCUT2D eigenvalue weighted by atomic mass is 9.94. The molecule has 0 saturated carbocycles. The van der Waals surface area contributed by atoms with Crippen molar-refractivity contribution in [3.63, 3.8) is 0 Å². The van der Waals surface area contributed by atoms with Crippen molar-refractivity contribution in [2.45, 2.75) is 25.6 Å². The summed E-state index contributed by atoms with van der Waals surface area (Å²) in [6, 6.07) is 9.21. The van der Waals surface area contributed by atoms with Crippen molar-refractivity contribution in [1.29, 1.82) is 0 Å². The van der Waals surface area contributed by atoms with Crippen LogP contribution in [0.2, 0.25) is 0 Å². The highest BCUT2D eigenvalue weighted by molar-refractivity contribution is 6.58. The van der Waals surface area contributed by atoms with Gasteiger partial charge in [0.25, 0.3) is 0 Å². The Morgan fingerprint density at radius 2 is 2.00 bits per heavy atom. The van der Waals surface area contributed by atoms with Crippen LogP contribution in [0.4, 0.5) is 17.7 Å². The van der Waals surface area contributed by atoms with E-state index in [0.29, 0.717) is 19.4 Å². The maximum Gasteiger partial charge on any atom is 0.503 e. The van der Waals surface area contributed by atoms with E-state index in [-0.39, 0.29) is 13.2 Å². The minimum Gasteiger partial charge on any atom is -0.447 e. The summed E-state index contributed by atoms with van der Waals surface area (Å²) in [6.45, 7) is -5.42. The topological polar surface area (TPSA) is 38.8 Å². The first-order chi connectivity index (χ1) is 10.4. The predicted octanol–water partition coefficient (Wildman–Crippen LogP) is 3.19. The molecule has 1 aromatic carbocycles. The molecule has 122 valence electrons. The molecule has 1 saturated heterocycles. The zero-order valence-corrected chi connectivity index (χ0v) is 12.1. The number of hydrogen-bond donors (Lipinski definition) is 0. The normalized spacial score (nSPS) is 19.0. The van der Waals surface area contributed by atoms with Crippen LogP contribution in [-0.2, 0) is 16.1 Å². The largest absolute Gasteiger partial charge is 0.503 e. The molecule has 8 heteroatoms. The molecule has 1 atom stereocenters. The zero-order chi connectivity index (χ0) is 16.0. The lowest BCUT2D eigenvalue weighted by molar-refractivity contribution is 0.00640. The summed E-state index contributed by atoms with van der Waals surface area (Å²) in [6.07, 6.45) is 0.0288. The molecule has 1 aliphatic heterocycles. The van der Waals surface area contributed by atoms with Gasteiger partial charge in [-0.3, -0.25) is 0 Å². The number of carbonyl (C=O) groups excluding carboxylic acids is 1. The summed E-state index contributed by atoms with van der Waals surface area (Å²) in [5, 5.41) is 0. The van der Waals surface area contributed by atoms with Crippen molar-refractivity contribution in [1.82, 2.24) is 4.90 Å². The predicted molar refractivity (Wildman–Crippen MR) is 76.3 cm³/mol. The highest BCUT2D eigenvalue weighted by Crippen LogP contribution is 2.17. The Morgan fingerprint density at radius 3 is 2.68 bits per heavy atom. The number of carbonyl (C=O) groups is 1. The van der Waals surface area contributed by atoms with Crippen LogP contribution in [0.5, 0.6) is 0 Å². The van der Waals surface area contributed by atoms with Gasteiger partial charge < -0.3 is 27.3 Å². The van der Waals surface area contributed by atoms with Crippen LogP contribution in [0.1, 0.15) is 18.4 Å². The first-order valence-corrected chi connectivity index (χ1v) is 7.22. The van der Waals surface area contributed by atoms with Gasteiger partial charge in [0.1, 0.15) is 6.61 Å². The van der Waals surface area contributed by atoms with E-state index in [1.807, 2.05) is 30.3 Å². The third kappa shape index (κ3) is 5.59. The maximum atomic E-state index is 12.2. The Morgan fingerprint density at radius 1 is 1.27 bits per heavy atom. The fraction of sp³-hybridized carbons (Fsp3) is 0.500. The highest BCUT2D eigenvalue weighted by Gasteiger charge is 2.29. The monoisotopic (exact) mass is 316 g/mol. The second-order valence-electron chi connectivity index (χ2n) is 5.29. The van der Waals surface area contributed by atoms with Crippen LogP contribution in [0.3, 0.4) is 0 Å². The molecule has 4 nitrogen and oxygen atoms in total. The second kappa shape index (κ2) is 7.53. The number of likely N-dealkylation sites (tertiary alicyclic amines) is 1. The lowest BCUT2D eigenvalue weighted by Gasteiger charge is -2.33. The summed E-state index contributed by atoms with van der Waals surface area (Å²) in [5.41, 5.74) is 0.862. The molecule has 1 aliphatic rings. The third-order valence-electron chi connectivity index (χ3n) is 3.36. The molecule has 22 heavy (non-hydrogen) atoms. The summed E-state index contributed by atoms with van der Waals surface area (Å²) >= 11 is 0. The molecule has 1 fully saturated rings. The van der Waals surface area contributed by atoms with Crippen molar-refractivity contribution in [2.75, 3.05) is 19.6 Å². The lowest BCUT2D eigenvalue weighted by Crippen LogP contribution is -2.44. The van der Waals surface area contributed by atoms with Crippen molar-refractivity contribution in [2.24, 2.45) is 0 Å². The van der Waals surface area contributed by atoms with Crippen LogP contribution >= 0.6 is 0 Å². The van der Waals surface area contributed by atoms with Crippen LogP contribution in [0, 0.1) is 0 Å². The average Bonchev–Trinajstić information content (AvgIpc) is 2.51. The van der Waals surface area contributed by atoms with E-state index >= 15 is 0 Å². The smallest absolute Gasteiger partial charge is 0.447 e. The van der Waals surface area contributed by atoms with Gasteiger partial charge in [0.15, 0.2) is 0 Å². The van der Waals surface area contributed by atoms with E-state index in [4.69, 9.17) is 9.47 Å². The summed E-state index contributed by atoms with van der Waals surface area (Å²) < 4.78 is 46.6. The van der Waals surface area contributed by atoms with Gasteiger partial charge in [-0.05, 0) is 18.4 Å². The Balaban J connectivity index is 1.77. The number of piperidine rings is 1. The molecule has 0 N–H and O–H groups in total. The van der Waals surface area contributed by atoms with Crippen LogP contribution in [0.25, 0.3) is 0 Å². The first kappa shape index (κ1) is 16.7. The molecule has 1 amide bonds. The summed E-state index contributed by atoms with van der Waals surface area (Å²) in [7, 11) is 0. The Kier molecular flexibility index (Phi) is 5.71. The molecular formula is C14H18BF3NO3-. The van der Waals surface area contributed by atoms with E-state index in [2.05, 4.69) is 0 Å². The molecule has 1 heterocycles. The molecule has 0 aliphatic carbocycles. The molecule has 0 spiro atoms. The standard InChI is InChI=1S/C14H18BF3NO3/c16-15(17,18)11-22-13-7-4-8-19(9-13)14(20)21-10-12-5-2-1-3-6-12/h1-3,5-6,13H,4,7-11H2/q-1/t13-/m0/s1. The first-order valence-electron chi connectivity index (χ1n) is 7.22. The van der Waals surface area contributed by atoms with E-state index < -0.39 is 25.7 Å². The fourth-order valence-corrected chi connectivity index (χ4v) is 2.30. The maximum absolute atomic E-state index is 12.2. The fourth-order valence-electron chi connectivity index (χ4n) is 2.30. The second-order valence-corrected chi connectivity index (χ2v) is 5.29. The van der Waals surface area contributed by atoms with E-state index in [0.717, 1.165) is 5.56 Å². The van der Waals surface area contributed by atoms with Gasteiger partial charge in [-0.2, -0.15) is 0 Å². The third-order valence-corrected chi connectivity index (χ3v) is 3.36. The molecule has 1 aromatic rings. The van der Waals surface area contributed by atoms with E-state index in [9.17, 15) is 17.7 Å². The van der Waals surface area contributed by atoms with E-state index in [1.165, 1.54) is 4.90 Å². The number of halogens is 3. The minimum atomic E-state index is -4.96. The number of ether oxygens (including phenoxy) is 2. The Hall–Kier alpha value is -1.70. The van der Waals surface area contributed by atoms with Crippen molar-refractivity contribution in [3.05, 3.63) is 35.9 Å². The summed E-state index contributed by atoms with van der Waals surface area (Å²) in [4.78, 5) is 13.4. The van der Waals surface area contributed by atoms with Gasteiger partial charge in [-0.25, -0.2) is 4.79 Å². The number of nitrogens with zero attached hydrogens (tertiary/aromatic N) is 1. The van der Waals surface area contributed by atoms with Crippen molar-refractivity contribution < 1.29 is 27.2 Å². The molecule has 2 rings (SSSR count). The SMILES string of the molecule is O=C(OCc1ccccc1)N1CCC[C@H](OC[B-](F)(F)F)C1. The molecule has 0 aromatic heterocycles. The van der Waals surface area contributed by atoms with Gasteiger partial charge in [-0.15, -0.1) is 0 Å². The van der Waals surface area contributed by atoms with Crippen LogP contribution < -0.4 is 0 Å². The summed E-state index contributed by atoms with van der Waals surface area (Å²) in [5.74, 6) is 0. The number of rotatable bonds is 5. The quantitative estimate of drug-likeness (QED) is 0.783. The Bertz CT molecular complexity index is 484. The van der Waals surface area contributed by atoms with Gasteiger partial charge in [0.2, 0.25) is 0 Å². The van der Waals surface area contributed by atoms with Gasteiger partial charge >= 0.3 is 13.1 Å². The molecule has 0 bridgehead atoms. The Labute approximate surface area is 127 Å². The number of amides is 1. The van der Waals surface area contributed by atoms with Gasteiger partial charge in [0, 0.05) is 13.1 Å². The zero-order valence-electron chi connectivity index (χ0n) is 12.1. The molecule has 0 radical (unpaired) electrons. The molecular weight excluding hydrogens is 298 g/mol.